The number of nitrogens with one attached hydrogen (secondary N) is 1. The smallest absolute Gasteiger partial charge is 0.246 e. The summed E-state index contributed by atoms with van der Waals surface area (Å²) in [6, 6.07) is 3.57. The highest BCUT2D eigenvalue weighted by Crippen LogP contribution is 2.48. The number of carbonyl (C=O) groups is 2. The Morgan fingerprint density at radius 2 is 1.92 bits per heavy atom. The van der Waals surface area contributed by atoms with Gasteiger partial charge >= 0.3 is 0 Å². The fraction of sp³-hybridized carbons (Fsp3) is 0.444. The lowest BCUT2D eigenvalue weighted by atomic mass is 9.96. The van der Waals surface area contributed by atoms with Crippen LogP contribution in [-0.2, 0) is 9.59 Å². The number of fused-ring (bicyclic) bond motifs is 2. The van der Waals surface area contributed by atoms with Gasteiger partial charge < -0.3 is 30.3 Å². The maximum absolute atomic E-state index is 13.0. The van der Waals surface area contributed by atoms with E-state index in [4.69, 9.17) is 20.3 Å². The van der Waals surface area contributed by atoms with E-state index in [0.29, 0.717) is 58.4 Å². The van der Waals surface area contributed by atoms with E-state index in [-0.39, 0.29) is 30.6 Å². The van der Waals surface area contributed by atoms with Crippen LogP contribution in [0.25, 0.3) is 22.3 Å². The Bertz CT molecular complexity index is 1450. The number of aromatic nitrogens is 4. The van der Waals surface area contributed by atoms with Crippen molar-refractivity contribution in [2.45, 2.75) is 31.7 Å². The molecule has 5 heterocycles. The highest BCUT2D eigenvalue weighted by atomic mass is 16.7. The third kappa shape index (κ3) is 4.54. The van der Waals surface area contributed by atoms with Crippen LogP contribution >= 0.6 is 0 Å². The minimum absolute atomic E-state index is 0.0168. The summed E-state index contributed by atoms with van der Waals surface area (Å²) in [6.07, 6.45) is 6.06. The molecule has 2 saturated heterocycles. The van der Waals surface area contributed by atoms with Crippen LogP contribution in [0, 0.1) is 5.92 Å². The third-order valence-electron chi connectivity index (χ3n) is 7.87. The Kier molecular flexibility index (Phi) is 6.55. The number of amides is 2. The Morgan fingerprint density at radius 3 is 2.72 bits per heavy atom. The van der Waals surface area contributed by atoms with Crippen molar-refractivity contribution in [3.8, 4) is 22.8 Å². The molecule has 12 nitrogen and oxygen atoms in total. The van der Waals surface area contributed by atoms with Gasteiger partial charge in [-0.25, -0.2) is 14.6 Å². The van der Waals surface area contributed by atoms with Crippen molar-refractivity contribution in [3.05, 3.63) is 31.1 Å². The highest BCUT2D eigenvalue weighted by molar-refractivity contribution is 6.02. The van der Waals surface area contributed by atoms with E-state index in [0.717, 1.165) is 38.8 Å². The number of rotatable bonds is 5. The molecule has 0 saturated carbocycles. The van der Waals surface area contributed by atoms with E-state index in [2.05, 4.69) is 33.8 Å². The van der Waals surface area contributed by atoms with Gasteiger partial charge in [0.1, 0.15) is 17.8 Å². The lowest BCUT2D eigenvalue weighted by Gasteiger charge is -2.32. The monoisotopic (exact) mass is 532 g/mol. The molecule has 3 aromatic rings. The number of anilines is 2. The van der Waals surface area contributed by atoms with Crippen molar-refractivity contribution in [1.29, 1.82) is 0 Å². The molecule has 6 rings (SSSR count). The number of likely N-dealkylation sites (tertiary alicyclic amines) is 2. The molecule has 0 radical (unpaired) electrons. The van der Waals surface area contributed by atoms with Gasteiger partial charge in [-0.3, -0.25) is 9.59 Å². The van der Waals surface area contributed by atoms with Crippen LogP contribution in [0.5, 0.6) is 11.5 Å². The summed E-state index contributed by atoms with van der Waals surface area (Å²) in [6.45, 7) is 6.60. The van der Waals surface area contributed by atoms with E-state index in [9.17, 15) is 9.59 Å². The first kappa shape index (κ1) is 25.1. The number of hydrogen-bond donors (Lipinski definition) is 2. The quantitative estimate of drug-likeness (QED) is 0.474. The van der Waals surface area contributed by atoms with Crippen molar-refractivity contribution in [1.82, 2.24) is 29.5 Å². The predicted octanol–water partition coefficient (Wildman–Crippen LogP) is 2.43. The van der Waals surface area contributed by atoms with Crippen LogP contribution in [0.15, 0.2) is 31.1 Å². The van der Waals surface area contributed by atoms with Gasteiger partial charge in [-0.05, 0) is 64.0 Å². The first-order chi connectivity index (χ1) is 18.9. The summed E-state index contributed by atoms with van der Waals surface area (Å²) in [5.41, 5.74) is 8.73. The normalized spacial score (nSPS) is 19.8. The summed E-state index contributed by atoms with van der Waals surface area (Å²) in [4.78, 5) is 38.1. The van der Waals surface area contributed by atoms with Crippen molar-refractivity contribution >= 4 is 34.4 Å². The summed E-state index contributed by atoms with van der Waals surface area (Å²) < 4.78 is 13.6. The fourth-order valence-corrected chi connectivity index (χ4v) is 5.71. The summed E-state index contributed by atoms with van der Waals surface area (Å²) in [5.74, 6) is 1.08. The first-order valence-corrected chi connectivity index (χ1v) is 13.3. The van der Waals surface area contributed by atoms with Gasteiger partial charge in [-0.2, -0.15) is 5.10 Å². The Morgan fingerprint density at radius 1 is 1.13 bits per heavy atom. The third-order valence-corrected chi connectivity index (χ3v) is 7.87. The minimum Gasteiger partial charge on any atom is -0.453 e. The van der Waals surface area contributed by atoms with Crippen LogP contribution < -0.4 is 20.5 Å². The van der Waals surface area contributed by atoms with Gasteiger partial charge in [0.25, 0.3) is 0 Å². The molecular formula is C27H32N8O4. The summed E-state index contributed by atoms with van der Waals surface area (Å²) in [5, 5.41) is 8.61. The number of benzene rings is 1. The second kappa shape index (κ2) is 10.2. The number of ether oxygens (including phenoxy) is 2. The van der Waals surface area contributed by atoms with E-state index in [1.54, 1.807) is 4.90 Å². The molecule has 3 aliphatic rings. The molecule has 1 atom stereocenters. The van der Waals surface area contributed by atoms with Gasteiger partial charge in [-0.1, -0.05) is 6.58 Å². The molecule has 0 unspecified atom stereocenters. The Labute approximate surface area is 225 Å². The number of nitrogens with zero attached hydrogens (tertiary/aromatic N) is 6. The van der Waals surface area contributed by atoms with E-state index >= 15 is 0 Å². The fourth-order valence-electron chi connectivity index (χ4n) is 5.71. The maximum atomic E-state index is 13.0. The Balaban J connectivity index is 1.36. The van der Waals surface area contributed by atoms with Crippen LogP contribution in [0.3, 0.4) is 0 Å². The van der Waals surface area contributed by atoms with Gasteiger partial charge in [-0.15, -0.1) is 0 Å². The van der Waals surface area contributed by atoms with Crippen LogP contribution in [-0.4, -0.2) is 81.4 Å². The number of piperidine rings is 2. The minimum atomic E-state index is -0.105. The number of hydrogen-bond acceptors (Lipinski definition) is 9. The number of nitrogen functional groups attached to an aromatic ring is 1. The average molecular weight is 533 g/mol. The lowest BCUT2D eigenvalue weighted by Crippen LogP contribution is -2.40. The zero-order valence-corrected chi connectivity index (χ0v) is 21.9. The summed E-state index contributed by atoms with van der Waals surface area (Å²) in [7, 11) is 2.07. The van der Waals surface area contributed by atoms with E-state index in [1.807, 2.05) is 16.8 Å². The van der Waals surface area contributed by atoms with Crippen molar-refractivity contribution in [2.24, 2.45) is 5.92 Å². The molecule has 39 heavy (non-hydrogen) atoms. The van der Waals surface area contributed by atoms with Gasteiger partial charge in [0.2, 0.25) is 18.6 Å². The Hall–Kier alpha value is -4.19. The van der Waals surface area contributed by atoms with Crippen molar-refractivity contribution < 1.29 is 19.1 Å². The zero-order valence-electron chi connectivity index (χ0n) is 21.9. The second-order valence-corrected chi connectivity index (χ2v) is 10.3. The molecule has 0 bridgehead atoms. The van der Waals surface area contributed by atoms with Crippen LogP contribution in [0.2, 0.25) is 0 Å². The molecule has 2 fully saturated rings. The standard InChI is InChI=1S/C27H32N8O4/c1-3-20(36)34-10-4-5-17(13-34)35-26-21(25(28)29-14-30-26)22(32-35)18-6-7-19(24-23(18)38-15-39-24)31-27(37)16-8-11-33(2)12-9-16/h3,6-7,14,16-17H,1,4-5,8-13,15H2,2H3,(H,31,37)(H2,28,29,30)/t17-/m1/s1. The lowest BCUT2D eigenvalue weighted by molar-refractivity contribution is -0.127. The molecule has 1 aromatic carbocycles. The van der Waals surface area contributed by atoms with Crippen LogP contribution in [0.1, 0.15) is 31.7 Å². The molecular weight excluding hydrogens is 500 g/mol. The molecule has 0 aliphatic carbocycles. The average Bonchev–Trinajstić information content (AvgIpc) is 3.60. The van der Waals surface area contributed by atoms with Crippen LogP contribution in [0.4, 0.5) is 11.5 Å². The van der Waals surface area contributed by atoms with Gasteiger partial charge in [0.05, 0.1) is 17.1 Å². The molecule has 204 valence electrons. The van der Waals surface area contributed by atoms with Gasteiger partial charge in [0, 0.05) is 24.6 Å². The number of nitrogens with two attached hydrogens (primary N) is 1. The molecule has 12 heteroatoms. The zero-order chi connectivity index (χ0) is 27.1. The SMILES string of the molecule is C=CC(=O)N1CCC[C@@H](n2nc(-c3ccc(NC(=O)C4CCN(C)CC4)c4c3OCO4)c3c(N)ncnc32)C1. The maximum Gasteiger partial charge on any atom is 0.246 e. The van der Waals surface area contributed by atoms with Crippen molar-refractivity contribution in [2.75, 3.05) is 51.1 Å². The second-order valence-electron chi connectivity index (χ2n) is 10.3. The van der Waals surface area contributed by atoms with Crippen molar-refractivity contribution in [3.63, 3.8) is 0 Å². The molecule has 0 spiro atoms. The summed E-state index contributed by atoms with van der Waals surface area (Å²) >= 11 is 0. The topological polar surface area (TPSA) is 141 Å². The first-order valence-electron chi connectivity index (χ1n) is 13.3. The van der Waals surface area contributed by atoms with E-state index < -0.39 is 0 Å². The molecule has 2 amide bonds. The largest absolute Gasteiger partial charge is 0.453 e. The molecule has 3 N–H and O–H groups in total. The van der Waals surface area contributed by atoms with E-state index in [1.165, 1.54) is 12.4 Å². The number of carbonyl (C=O) groups excluding carboxylic acids is 2. The molecule has 3 aliphatic heterocycles. The predicted molar refractivity (Wildman–Crippen MR) is 145 cm³/mol. The highest BCUT2D eigenvalue weighted by Gasteiger charge is 2.32. The van der Waals surface area contributed by atoms with Gasteiger partial charge in [0.15, 0.2) is 17.1 Å². The molecule has 2 aromatic heterocycles.